The lowest BCUT2D eigenvalue weighted by Gasteiger charge is -1.96. The van der Waals surface area contributed by atoms with Gasteiger partial charge in [0.2, 0.25) is 0 Å². The summed E-state index contributed by atoms with van der Waals surface area (Å²) in [6.07, 6.45) is 0. The average Bonchev–Trinajstić information content (AvgIpc) is 2.43. The smallest absolute Gasteiger partial charge is 0.292 e. The molecule has 0 spiro atoms. The van der Waals surface area contributed by atoms with Gasteiger partial charge in [-0.05, 0) is 12.1 Å². The number of nitrogens with one attached hydrogen (secondary N) is 2. The highest BCUT2D eigenvalue weighted by molar-refractivity contribution is 6.05. The summed E-state index contributed by atoms with van der Waals surface area (Å²) in [4.78, 5) is 6.46. The first-order chi connectivity index (χ1) is 6.18. The number of nitrogen functional groups attached to an aromatic ring is 1. The molecule has 1 heterocycles. The van der Waals surface area contributed by atoms with Crippen molar-refractivity contribution >= 4 is 16.9 Å². The molecule has 1 aromatic carbocycles. The van der Waals surface area contributed by atoms with Gasteiger partial charge in [-0.15, -0.1) is 0 Å². The van der Waals surface area contributed by atoms with Crippen molar-refractivity contribution in [1.82, 2.24) is 9.97 Å². The zero-order valence-corrected chi connectivity index (χ0v) is 6.70. The van der Waals surface area contributed by atoms with Crippen LogP contribution in [0, 0.1) is 5.41 Å². The number of fused-ring (bicyclic) bond motifs is 1. The second-order valence-corrected chi connectivity index (χ2v) is 2.68. The van der Waals surface area contributed by atoms with Gasteiger partial charge >= 0.3 is 0 Å². The van der Waals surface area contributed by atoms with E-state index in [-0.39, 0.29) is 11.8 Å². The molecule has 0 amide bonds. The van der Waals surface area contributed by atoms with Crippen LogP contribution in [0.5, 0.6) is 6.01 Å². The molecule has 2 rings (SSSR count). The Hall–Kier alpha value is -2.04. The number of aromatic hydroxyl groups is 1. The van der Waals surface area contributed by atoms with Crippen LogP contribution in [0.15, 0.2) is 18.2 Å². The fraction of sp³-hybridized carbons (Fsp3) is 0. The van der Waals surface area contributed by atoms with Crippen LogP contribution >= 0.6 is 0 Å². The highest BCUT2D eigenvalue weighted by Gasteiger charge is 2.07. The fourth-order valence-corrected chi connectivity index (χ4v) is 1.24. The summed E-state index contributed by atoms with van der Waals surface area (Å²) in [6.45, 7) is 0. The monoisotopic (exact) mass is 176 g/mol. The number of aromatic nitrogens is 2. The maximum Gasteiger partial charge on any atom is 0.292 e. The topological polar surface area (TPSA) is 98.8 Å². The molecule has 1 aromatic heterocycles. The Morgan fingerprint density at radius 2 is 2.31 bits per heavy atom. The number of nitrogens with two attached hydrogens (primary N) is 1. The molecular formula is C8H8N4O. The van der Waals surface area contributed by atoms with Crippen molar-refractivity contribution < 1.29 is 5.11 Å². The number of aromatic amines is 1. The minimum atomic E-state index is -0.163. The van der Waals surface area contributed by atoms with Crippen molar-refractivity contribution in [2.75, 3.05) is 0 Å². The molecule has 0 aliphatic heterocycles. The van der Waals surface area contributed by atoms with E-state index >= 15 is 0 Å². The van der Waals surface area contributed by atoms with Crippen LogP contribution < -0.4 is 5.73 Å². The van der Waals surface area contributed by atoms with Gasteiger partial charge in [0.05, 0.1) is 5.52 Å². The number of hydrogen-bond acceptors (Lipinski definition) is 3. The van der Waals surface area contributed by atoms with Crippen LogP contribution in [0.2, 0.25) is 0 Å². The van der Waals surface area contributed by atoms with Gasteiger partial charge in [0.15, 0.2) is 0 Å². The standard InChI is InChI=1S/C8H8N4O/c9-7(10)4-2-1-3-5-6(4)12-8(13)11-5/h1-3H,(H3,9,10)(H2,11,12,13). The third-order valence-corrected chi connectivity index (χ3v) is 1.79. The van der Waals surface area contributed by atoms with E-state index in [1.54, 1.807) is 18.2 Å². The minimum Gasteiger partial charge on any atom is -0.480 e. The normalized spacial score (nSPS) is 10.5. The van der Waals surface area contributed by atoms with Crippen molar-refractivity contribution in [1.29, 1.82) is 5.41 Å². The Labute approximate surface area is 73.7 Å². The maximum atomic E-state index is 9.08. The molecule has 0 saturated heterocycles. The molecule has 0 unspecified atom stereocenters. The molecular weight excluding hydrogens is 168 g/mol. The summed E-state index contributed by atoms with van der Waals surface area (Å²) < 4.78 is 0. The molecule has 0 aliphatic carbocycles. The summed E-state index contributed by atoms with van der Waals surface area (Å²) >= 11 is 0. The highest BCUT2D eigenvalue weighted by Crippen LogP contribution is 2.18. The summed E-state index contributed by atoms with van der Waals surface area (Å²) in [5.41, 5.74) is 7.05. The molecule has 0 fully saturated rings. The fourth-order valence-electron chi connectivity index (χ4n) is 1.24. The van der Waals surface area contributed by atoms with E-state index in [4.69, 9.17) is 16.2 Å². The molecule has 0 aliphatic rings. The number of para-hydroxylation sites is 1. The molecule has 13 heavy (non-hydrogen) atoms. The van der Waals surface area contributed by atoms with E-state index in [0.717, 1.165) is 0 Å². The molecule has 5 nitrogen and oxygen atoms in total. The van der Waals surface area contributed by atoms with Gasteiger partial charge in [-0.2, -0.15) is 4.98 Å². The first-order valence-corrected chi connectivity index (χ1v) is 3.70. The van der Waals surface area contributed by atoms with Crippen LogP contribution in [0.25, 0.3) is 11.0 Å². The lowest BCUT2D eigenvalue weighted by atomic mass is 10.2. The number of hydrogen-bond donors (Lipinski definition) is 4. The van der Waals surface area contributed by atoms with Gasteiger partial charge < -0.3 is 15.8 Å². The predicted octanol–water partition coefficient (Wildman–Crippen LogP) is 0.553. The number of H-pyrrole nitrogens is 1. The van der Waals surface area contributed by atoms with Crippen molar-refractivity contribution in [3.8, 4) is 6.01 Å². The number of imidazole rings is 1. The molecule has 0 saturated carbocycles. The van der Waals surface area contributed by atoms with Gasteiger partial charge in [-0.25, -0.2) is 0 Å². The first-order valence-electron chi connectivity index (χ1n) is 3.70. The van der Waals surface area contributed by atoms with Crippen LogP contribution in [0.3, 0.4) is 0 Å². The van der Waals surface area contributed by atoms with Crippen LogP contribution in [-0.2, 0) is 0 Å². The van der Waals surface area contributed by atoms with Gasteiger partial charge in [0.25, 0.3) is 6.01 Å². The number of benzene rings is 1. The SMILES string of the molecule is N=C(N)c1cccc2[nH]c(O)nc12. The third kappa shape index (κ3) is 1.10. The largest absolute Gasteiger partial charge is 0.480 e. The zero-order chi connectivity index (χ0) is 9.42. The number of amidine groups is 1. The molecule has 5 heteroatoms. The summed E-state index contributed by atoms with van der Waals surface area (Å²) in [6, 6.07) is 5.03. The molecule has 66 valence electrons. The Kier molecular flexibility index (Phi) is 1.45. The Balaban J connectivity index is 2.82. The molecule has 0 bridgehead atoms. The van der Waals surface area contributed by atoms with Gasteiger partial charge in [0.1, 0.15) is 11.4 Å². The molecule has 2 aromatic rings. The van der Waals surface area contributed by atoms with Crippen molar-refractivity contribution in [2.24, 2.45) is 5.73 Å². The van der Waals surface area contributed by atoms with Crippen molar-refractivity contribution in [3.63, 3.8) is 0 Å². The average molecular weight is 176 g/mol. The van der Waals surface area contributed by atoms with Gasteiger partial charge in [0, 0.05) is 5.56 Å². The summed E-state index contributed by atoms with van der Waals surface area (Å²) in [7, 11) is 0. The van der Waals surface area contributed by atoms with Crippen LogP contribution in [-0.4, -0.2) is 20.9 Å². The lowest BCUT2D eigenvalue weighted by molar-refractivity contribution is 0.438. The minimum absolute atomic E-state index is 0.0582. The second-order valence-electron chi connectivity index (χ2n) is 2.68. The Morgan fingerprint density at radius 3 is 3.00 bits per heavy atom. The van der Waals surface area contributed by atoms with Gasteiger partial charge in [-0.1, -0.05) is 6.07 Å². The van der Waals surface area contributed by atoms with E-state index in [1.807, 2.05) is 0 Å². The van der Waals surface area contributed by atoms with E-state index in [9.17, 15) is 0 Å². The quantitative estimate of drug-likeness (QED) is 0.377. The van der Waals surface area contributed by atoms with Crippen LogP contribution in [0.1, 0.15) is 5.56 Å². The summed E-state index contributed by atoms with van der Waals surface area (Å²) in [5, 5.41) is 16.4. The van der Waals surface area contributed by atoms with E-state index in [0.29, 0.717) is 16.6 Å². The van der Waals surface area contributed by atoms with Crippen LogP contribution in [0.4, 0.5) is 0 Å². The maximum absolute atomic E-state index is 9.08. The van der Waals surface area contributed by atoms with E-state index < -0.39 is 0 Å². The molecule has 0 atom stereocenters. The predicted molar refractivity (Wildman–Crippen MR) is 48.8 cm³/mol. The van der Waals surface area contributed by atoms with E-state index in [1.165, 1.54) is 0 Å². The lowest BCUT2D eigenvalue weighted by Crippen LogP contribution is -2.11. The number of nitrogens with zero attached hydrogens (tertiary/aromatic N) is 1. The van der Waals surface area contributed by atoms with Crippen molar-refractivity contribution in [2.45, 2.75) is 0 Å². The molecule has 0 radical (unpaired) electrons. The Morgan fingerprint density at radius 1 is 1.54 bits per heavy atom. The third-order valence-electron chi connectivity index (χ3n) is 1.79. The zero-order valence-electron chi connectivity index (χ0n) is 6.70. The first kappa shape index (κ1) is 7.60. The highest BCUT2D eigenvalue weighted by atomic mass is 16.3. The van der Waals surface area contributed by atoms with E-state index in [2.05, 4.69) is 9.97 Å². The van der Waals surface area contributed by atoms with Gasteiger partial charge in [-0.3, -0.25) is 5.41 Å². The second kappa shape index (κ2) is 2.48. The molecule has 5 N–H and O–H groups in total. The van der Waals surface area contributed by atoms with Crippen molar-refractivity contribution in [3.05, 3.63) is 23.8 Å². The number of rotatable bonds is 1. The Bertz CT molecular complexity index is 474. The summed E-state index contributed by atoms with van der Waals surface area (Å²) in [5.74, 6) is -0.0582.